The lowest BCUT2D eigenvalue weighted by molar-refractivity contribution is 0.406. The Kier molecular flexibility index (Phi) is 4.84. The minimum absolute atomic E-state index is 0.422. The van der Waals surface area contributed by atoms with Crippen molar-refractivity contribution in [1.29, 1.82) is 0 Å². The van der Waals surface area contributed by atoms with Gasteiger partial charge in [0.2, 0.25) is 0 Å². The zero-order chi connectivity index (χ0) is 15.2. The van der Waals surface area contributed by atoms with E-state index in [0.717, 1.165) is 11.4 Å². The van der Waals surface area contributed by atoms with Crippen molar-refractivity contribution >= 4 is 11.4 Å². The first-order chi connectivity index (χ1) is 10.9. The second-order valence-electron chi connectivity index (χ2n) is 5.85. The molecule has 0 bridgehead atoms. The van der Waals surface area contributed by atoms with Crippen LogP contribution in [0.4, 0.5) is 11.4 Å². The predicted octanol–water partition coefficient (Wildman–Crippen LogP) is 4.53. The van der Waals surface area contributed by atoms with E-state index >= 15 is 0 Å². The average molecular weight is 296 g/mol. The van der Waals surface area contributed by atoms with E-state index in [1.54, 1.807) is 7.11 Å². The van der Waals surface area contributed by atoms with Gasteiger partial charge >= 0.3 is 0 Å². The van der Waals surface area contributed by atoms with Crippen molar-refractivity contribution in [3.8, 4) is 5.75 Å². The maximum atomic E-state index is 5.46. The molecule has 22 heavy (non-hydrogen) atoms. The van der Waals surface area contributed by atoms with Crippen molar-refractivity contribution in [2.75, 3.05) is 17.7 Å². The lowest BCUT2D eigenvalue weighted by Gasteiger charge is -2.34. The predicted molar refractivity (Wildman–Crippen MR) is 92.7 cm³/mol. The van der Waals surface area contributed by atoms with Gasteiger partial charge < -0.3 is 15.4 Å². The van der Waals surface area contributed by atoms with Gasteiger partial charge in [0.1, 0.15) is 5.75 Å². The van der Waals surface area contributed by atoms with Gasteiger partial charge in [-0.1, -0.05) is 43.2 Å². The van der Waals surface area contributed by atoms with Crippen molar-refractivity contribution in [3.63, 3.8) is 0 Å². The van der Waals surface area contributed by atoms with Crippen LogP contribution < -0.4 is 15.4 Å². The minimum atomic E-state index is 0.422. The van der Waals surface area contributed by atoms with E-state index < -0.39 is 0 Å². The molecule has 0 saturated heterocycles. The molecule has 2 aromatic rings. The third kappa shape index (κ3) is 3.53. The van der Waals surface area contributed by atoms with Crippen LogP contribution in [0.15, 0.2) is 54.6 Å². The van der Waals surface area contributed by atoms with E-state index in [-0.39, 0.29) is 0 Å². The van der Waals surface area contributed by atoms with Crippen LogP contribution in [0, 0.1) is 0 Å². The molecule has 0 aliphatic heterocycles. The molecule has 3 rings (SSSR count). The highest BCUT2D eigenvalue weighted by atomic mass is 16.5. The molecule has 2 aromatic carbocycles. The van der Waals surface area contributed by atoms with Crippen LogP contribution in [-0.4, -0.2) is 19.2 Å². The summed E-state index contributed by atoms with van der Waals surface area (Å²) in [5.41, 5.74) is 2.28. The Hall–Kier alpha value is -2.16. The van der Waals surface area contributed by atoms with E-state index in [2.05, 4.69) is 47.0 Å². The number of rotatable bonds is 5. The van der Waals surface area contributed by atoms with Gasteiger partial charge in [-0.05, 0) is 37.1 Å². The molecule has 3 nitrogen and oxygen atoms in total. The monoisotopic (exact) mass is 296 g/mol. The molecule has 116 valence electrons. The van der Waals surface area contributed by atoms with Crippen LogP contribution in [-0.2, 0) is 0 Å². The number of ether oxygens (including phenoxy) is 1. The standard InChI is InChI=1S/C19H24N2O/c1-22-19-14-8-7-13-18(19)21-17-12-6-5-11-16(17)20-15-9-3-2-4-10-15/h2-4,7-10,13-14,16-17,20-21H,5-6,11-12H2,1H3/t16-,17-/m0/s1. The van der Waals surface area contributed by atoms with Crippen LogP contribution in [0.5, 0.6) is 5.75 Å². The summed E-state index contributed by atoms with van der Waals surface area (Å²) < 4.78 is 5.46. The van der Waals surface area contributed by atoms with Crippen LogP contribution >= 0.6 is 0 Å². The SMILES string of the molecule is COc1ccccc1N[C@H]1CCCC[C@@H]1Nc1ccccc1. The number of benzene rings is 2. The lowest BCUT2D eigenvalue weighted by Crippen LogP contribution is -2.41. The highest BCUT2D eigenvalue weighted by Crippen LogP contribution is 2.29. The molecule has 0 amide bonds. The zero-order valence-electron chi connectivity index (χ0n) is 13.1. The van der Waals surface area contributed by atoms with Gasteiger partial charge in [-0.2, -0.15) is 0 Å². The van der Waals surface area contributed by atoms with Crippen molar-refractivity contribution in [3.05, 3.63) is 54.6 Å². The molecule has 1 fully saturated rings. The molecule has 0 heterocycles. The Morgan fingerprint density at radius 2 is 1.45 bits per heavy atom. The summed E-state index contributed by atoms with van der Waals surface area (Å²) in [6, 6.07) is 19.5. The van der Waals surface area contributed by atoms with Crippen molar-refractivity contribution in [1.82, 2.24) is 0 Å². The molecule has 0 spiro atoms. The molecule has 0 radical (unpaired) electrons. The summed E-state index contributed by atoms with van der Waals surface area (Å²) in [6.45, 7) is 0. The van der Waals surface area contributed by atoms with Crippen molar-refractivity contribution in [2.24, 2.45) is 0 Å². The Balaban J connectivity index is 1.72. The number of anilines is 2. The minimum Gasteiger partial charge on any atom is -0.495 e. The molecule has 3 heteroatoms. The summed E-state index contributed by atoms with van der Waals surface area (Å²) >= 11 is 0. The maximum Gasteiger partial charge on any atom is 0.141 e. The summed E-state index contributed by atoms with van der Waals surface area (Å²) in [5, 5.41) is 7.37. The normalized spacial score (nSPS) is 21.1. The van der Waals surface area contributed by atoms with Crippen LogP contribution in [0.1, 0.15) is 25.7 Å². The topological polar surface area (TPSA) is 33.3 Å². The molecular weight excluding hydrogens is 272 g/mol. The van der Waals surface area contributed by atoms with E-state index in [4.69, 9.17) is 4.74 Å². The number of hydrogen-bond acceptors (Lipinski definition) is 3. The van der Waals surface area contributed by atoms with Crippen molar-refractivity contribution < 1.29 is 4.74 Å². The molecule has 1 aliphatic rings. The number of methoxy groups -OCH3 is 1. The Bertz CT molecular complexity index is 585. The third-order valence-electron chi connectivity index (χ3n) is 4.34. The van der Waals surface area contributed by atoms with Gasteiger partial charge in [-0.25, -0.2) is 0 Å². The molecule has 2 atom stereocenters. The molecular formula is C19H24N2O. The van der Waals surface area contributed by atoms with Gasteiger partial charge in [0.25, 0.3) is 0 Å². The number of para-hydroxylation sites is 3. The molecule has 1 aliphatic carbocycles. The van der Waals surface area contributed by atoms with Gasteiger partial charge in [0.15, 0.2) is 0 Å². The third-order valence-corrected chi connectivity index (χ3v) is 4.34. The molecule has 1 saturated carbocycles. The van der Waals surface area contributed by atoms with E-state index in [1.807, 2.05) is 18.2 Å². The highest BCUT2D eigenvalue weighted by Gasteiger charge is 2.25. The van der Waals surface area contributed by atoms with E-state index in [1.165, 1.54) is 31.4 Å². The fourth-order valence-corrected chi connectivity index (χ4v) is 3.19. The average Bonchev–Trinajstić information content (AvgIpc) is 2.58. The number of hydrogen-bond donors (Lipinski definition) is 2. The molecule has 0 unspecified atom stereocenters. The summed E-state index contributed by atoms with van der Waals surface area (Å²) in [7, 11) is 1.72. The van der Waals surface area contributed by atoms with E-state index in [0.29, 0.717) is 12.1 Å². The summed E-state index contributed by atoms with van der Waals surface area (Å²) in [4.78, 5) is 0. The largest absolute Gasteiger partial charge is 0.495 e. The summed E-state index contributed by atoms with van der Waals surface area (Å²) in [5.74, 6) is 0.909. The van der Waals surface area contributed by atoms with Crippen LogP contribution in [0.2, 0.25) is 0 Å². The second-order valence-corrected chi connectivity index (χ2v) is 5.85. The Morgan fingerprint density at radius 3 is 2.18 bits per heavy atom. The molecule has 0 aromatic heterocycles. The number of nitrogens with one attached hydrogen (secondary N) is 2. The van der Waals surface area contributed by atoms with Crippen LogP contribution in [0.25, 0.3) is 0 Å². The van der Waals surface area contributed by atoms with Gasteiger partial charge in [-0.3, -0.25) is 0 Å². The summed E-state index contributed by atoms with van der Waals surface area (Å²) in [6.07, 6.45) is 4.94. The highest BCUT2D eigenvalue weighted by molar-refractivity contribution is 5.57. The first kappa shape index (κ1) is 14.8. The fourth-order valence-electron chi connectivity index (χ4n) is 3.19. The quantitative estimate of drug-likeness (QED) is 0.850. The van der Waals surface area contributed by atoms with E-state index in [9.17, 15) is 0 Å². The molecule has 2 N–H and O–H groups in total. The first-order valence-electron chi connectivity index (χ1n) is 8.08. The van der Waals surface area contributed by atoms with Crippen LogP contribution in [0.3, 0.4) is 0 Å². The lowest BCUT2D eigenvalue weighted by atomic mass is 9.89. The van der Waals surface area contributed by atoms with Gasteiger partial charge in [0.05, 0.1) is 12.8 Å². The maximum absolute atomic E-state index is 5.46. The van der Waals surface area contributed by atoms with Gasteiger partial charge in [0, 0.05) is 17.8 Å². The first-order valence-corrected chi connectivity index (χ1v) is 8.08. The van der Waals surface area contributed by atoms with Crippen molar-refractivity contribution in [2.45, 2.75) is 37.8 Å². The smallest absolute Gasteiger partial charge is 0.141 e. The Morgan fingerprint density at radius 1 is 0.818 bits per heavy atom. The Labute approximate surface area is 132 Å². The zero-order valence-corrected chi connectivity index (χ0v) is 13.1. The van der Waals surface area contributed by atoms with Gasteiger partial charge in [-0.15, -0.1) is 0 Å². The fraction of sp³-hybridized carbons (Fsp3) is 0.368. The second kappa shape index (κ2) is 7.21.